The number of hydrogen-bond donors (Lipinski definition) is 0. The van der Waals surface area contributed by atoms with Crippen LogP contribution in [0.2, 0.25) is 0 Å². The first kappa shape index (κ1) is 8.46. The molecule has 0 aliphatic carbocycles. The molecule has 0 rings (SSSR count). The molecule has 0 heterocycles. The summed E-state index contributed by atoms with van der Waals surface area (Å²) in [4.78, 5) is 10.0. The van der Waals surface area contributed by atoms with Crippen molar-refractivity contribution in [3.8, 4) is 0 Å². The quantitative estimate of drug-likeness (QED) is 0.569. The lowest BCUT2D eigenvalue weighted by Gasteiger charge is -2.10. The Morgan fingerprint density at radius 3 is 1.78 bits per heavy atom. The van der Waals surface area contributed by atoms with Crippen molar-refractivity contribution < 1.29 is 18.0 Å². The van der Waals surface area contributed by atoms with Gasteiger partial charge in [-0.2, -0.15) is 0 Å². The first-order chi connectivity index (χ1) is 3.85. The average Bonchev–Trinajstić information content (AvgIpc) is 1.62. The molecule has 1 nitrogen and oxygen atoms in total. The molecular weight excluding hydrogens is 133 g/mol. The molecule has 0 aromatic heterocycles. The Morgan fingerprint density at radius 2 is 1.78 bits per heavy atom. The largest absolute Gasteiger partial charge is 0.299 e. The fraction of sp³-hybridized carbons (Fsp3) is 0.800. The summed E-state index contributed by atoms with van der Waals surface area (Å²) in [5.41, 5.74) is -2.41. The molecule has 0 saturated heterocycles. The lowest BCUT2D eigenvalue weighted by molar-refractivity contribution is -0.139. The van der Waals surface area contributed by atoms with Crippen LogP contribution in [0, 0.1) is 0 Å². The maximum atomic E-state index is 12.2. The number of hydrogen-bond acceptors (Lipinski definition) is 1. The third-order valence-corrected chi connectivity index (χ3v) is 0.784. The summed E-state index contributed by atoms with van der Waals surface area (Å²) in [6, 6.07) is 0. The van der Waals surface area contributed by atoms with Gasteiger partial charge in [-0.1, -0.05) is 0 Å². The molecule has 0 spiro atoms. The maximum absolute atomic E-state index is 12.2. The Kier molecular flexibility index (Phi) is 2.23. The summed E-state index contributed by atoms with van der Waals surface area (Å²) in [5, 5.41) is 0. The van der Waals surface area contributed by atoms with Crippen LogP contribution in [0.15, 0.2) is 0 Å². The monoisotopic (exact) mass is 140 g/mol. The zero-order valence-corrected chi connectivity index (χ0v) is 5.12. The Hall–Kier alpha value is -0.540. The van der Waals surface area contributed by atoms with Crippen LogP contribution in [0.4, 0.5) is 13.2 Å². The smallest absolute Gasteiger partial charge is 0.290 e. The second-order valence-corrected chi connectivity index (χ2v) is 2.14. The topological polar surface area (TPSA) is 17.1 Å². The summed E-state index contributed by atoms with van der Waals surface area (Å²) in [6.45, 7) is 1.61. The van der Waals surface area contributed by atoms with E-state index in [2.05, 4.69) is 0 Å². The van der Waals surface area contributed by atoms with Crippen molar-refractivity contribution in [2.45, 2.75) is 25.9 Å². The number of halogens is 3. The highest BCUT2D eigenvalue weighted by atomic mass is 19.3. The maximum Gasteiger partial charge on any atom is 0.299 e. The molecule has 0 aromatic rings. The molecule has 0 aliphatic heterocycles. The number of carbonyl (C=O) groups excluding carboxylic acids is 1. The molecule has 0 N–H and O–H groups in total. The van der Waals surface area contributed by atoms with Gasteiger partial charge in [0, 0.05) is 0 Å². The summed E-state index contributed by atoms with van der Waals surface area (Å²) in [6.07, 6.45) is -3.20. The minimum Gasteiger partial charge on any atom is -0.290 e. The SMILES string of the molecule is CC(C)(F)C(=O)C(F)F. The van der Waals surface area contributed by atoms with Crippen LogP contribution < -0.4 is 0 Å². The van der Waals surface area contributed by atoms with Gasteiger partial charge in [0.1, 0.15) is 0 Å². The van der Waals surface area contributed by atoms with Crippen LogP contribution >= 0.6 is 0 Å². The molecular formula is C5H7F3O. The third-order valence-electron chi connectivity index (χ3n) is 0.784. The van der Waals surface area contributed by atoms with Gasteiger partial charge in [-0.05, 0) is 13.8 Å². The standard InChI is InChI=1S/C5H7F3O/c1-5(2,8)3(9)4(6)7/h4H,1-2H3. The number of rotatable bonds is 2. The zero-order chi connectivity index (χ0) is 7.65. The van der Waals surface area contributed by atoms with E-state index < -0.39 is 17.9 Å². The van der Waals surface area contributed by atoms with E-state index in [0.29, 0.717) is 0 Å². The van der Waals surface area contributed by atoms with Gasteiger partial charge < -0.3 is 0 Å². The molecule has 4 heteroatoms. The van der Waals surface area contributed by atoms with E-state index in [1.54, 1.807) is 0 Å². The van der Waals surface area contributed by atoms with Gasteiger partial charge >= 0.3 is 0 Å². The van der Waals surface area contributed by atoms with Crippen molar-refractivity contribution in [1.82, 2.24) is 0 Å². The van der Waals surface area contributed by atoms with Crippen LogP contribution in [0.5, 0.6) is 0 Å². The van der Waals surface area contributed by atoms with Crippen LogP contribution in [0.25, 0.3) is 0 Å². The molecule has 0 atom stereocenters. The fourth-order valence-electron chi connectivity index (χ4n) is 0.259. The molecule has 0 radical (unpaired) electrons. The van der Waals surface area contributed by atoms with Crippen molar-refractivity contribution >= 4 is 5.78 Å². The van der Waals surface area contributed by atoms with Gasteiger partial charge in [0.15, 0.2) is 5.67 Å². The third kappa shape index (κ3) is 2.49. The van der Waals surface area contributed by atoms with E-state index >= 15 is 0 Å². The summed E-state index contributed by atoms with van der Waals surface area (Å²) >= 11 is 0. The Balaban J connectivity index is 4.06. The van der Waals surface area contributed by atoms with Crippen molar-refractivity contribution in [3.05, 3.63) is 0 Å². The first-order valence-corrected chi connectivity index (χ1v) is 2.37. The molecule has 54 valence electrons. The second-order valence-electron chi connectivity index (χ2n) is 2.14. The molecule has 0 aromatic carbocycles. The summed E-state index contributed by atoms with van der Waals surface area (Å²) < 4.78 is 34.9. The van der Waals surface area contributed by atoms with E-state index in [0.717, 1.165) is 13.8 Å². The molecule has 0 aliphatic rings. The van der Waals surface area contributed by atoms with Gasteiger partial charge in [-0.3, -0.25) is 4.79 Å². The number of ketones is 1. The number of carbonyl (C=O) groups is 1. The van der Waals surface area contributed by atoms with Crippen LogP contribution in [0.3, 0.4) is 0 Å². The highest BCUT2D eigenvalue weighted by molar-refractivity contribution is 5.88. The van der Waals surface area contributed by atoms with Crippen LogP contribution in [0.1, 0.15) is 13.8 Å². The van der Waals surface area contributed by atoms with Crippen LogP contribution in [-0.2, 0) is 4.79 Å². The van der Waals surface area contributed by atoms with E-state index in [-0.39, 0.29) is 0 Å². The van der Waals surface area contributed by atoms with Crippen LogP contribution in [-0.4, -0.2) is 17.9 Å². The van der Waals surface area contributed by atoms with Gasteiger partial charge in [-0.15, -0.1) is 0 Å². The highest BCUT2D eigenvalue weighted by Crippen LogP contribution is 2.14. The summed E-state index contributed by atoms with van der Waals surface area (Å²) in [5.74, 6) is -1.66. The first-order valence-electron chi connectivity index (χ1n) is 2.37. The van der Waals surface area contributed by atoms with Crippen molar-refractivity contribution in [2.75, 3.05) is 0 Å². The second kappa shape index (κ2) is 2.37. The predicted octanol–water partition coefficient (Wildman–Crippen LogP) is 1.57. The van der Waals surface area contributed by atoms with E-state index in [9.17, 15) is 18.0 Å². The Labute approximate surface area is 50.9 Å². The predicted molar refractivity (Wildman–Crippen MR) is 26.2 cm³/mol. The fourth-order valence-corrected chi connectivity index (χ4v) is 0.259. The van der Waals surface area contributed by atoms with Gasteiger partial charge in [0.2, 0.25) is 5.78 Å². The molecule has 0 unspecified atom stereocenters. The van der Waals surface area contributed by atoms with Gasteiger partial charge in [0.25, 0.3) is 6.43 Å². The Bertz CT molecular complexity index is 114. The Morgan fingerprint density at radius 1 is 1.44 bits per heavy atom. The molecule has 9 heavy (non-hydrogen) atoms. The molecule has 0 amide bonds. The van der Waals surface area contributed by atoms with E-state index in [4.69, 9.17) is 0 Å². The number of Topliss-reactive ketones (excluding diaryl/α,β-unsaturated/α-hetero) is 1. The molecule has 0 saturated carbocycles. The van der Waals surface area contributed by atoms with Crippen molar-refractivity contribution in [3.63, 3.8) is 0 Å². The normalized spacial score (nSPS) is 12.2. The van der Waals surface area contributed by atoms with E-state index in [1.165, 1.54) is 0 Å². The van der Waals surface area contributed by atoms with Gasteiger partial charge in [-0.25, -0.2) is 13.2 Å². The number of alkyl halides is 3. The minimum atomic E-state index is -3.20. The minimum absolute atomic E-state index is 0.807. The summed E-state index contributed by atoms with van der Waals surface area (Å²) in [7, 11) is 0. The molecule has 0 bridgehead atoms. The zero-order valence-electron chi connectivity index (χ0n) is 5.12. The lowest BCUT2D eigenvalue weighted by Crippen LogP contribution is -2.31. The highest BCUT2D eigenvalue weighted by Gasteiger charge is 2.33. The van der Waals surface area contributed by atoms with E-state index in [1.807, 2.05) is 0 Å². The van der Waals surface area contributed by atoms with Crippen molar-refractivity contribution in [2.24, 2.45) is 0 Å². The van der Waals surface area contributed by atoms with Gasteiger partial charge in [0.05, 0.1) is 0 Å². The van der Waals surface area contributed by atoms with Crippen molar-refractivity contribution in [1.29, 1.82) is 0 Å². The molecule has 0 fully saturated rings. The average molecular weight is 140 g/mol. The lowest BCUT2D eigenvalue weighted by atomic mass is 10.1.